The zero-order valence-corrected chi connectivity index (χ0v) is 28.9. The Bertz CT molecular complexity index is 1510. The molecule has 0 aliphatic carbocycles. The number of likely N-dealkylation sites (N-methyl/N-ethyl adjacent to an activating group) is 1. The first-order valence-corrected chi connectivity index (χ1v) is 16.6. The molecular weight excluding hydrogens is 625 g/mol. The highest BCUT2D eigenvalue weighted by Gasteiger charge is 2.25. The highest BCUT2D eigenvalue weighted by Crippen LogP contribution is 2.29. The minimum absolute atomic E-state index is 0. The third kappa shape index (κ3) is 12.3. The van der Waals surface area contributed by atoms with Crippen LogP contribution >= 0.6 is 10.7 Å². The lowest BCUT2D eigenvalue weighted by Gasteiger charge is -2.19. The fraction of sp³-hybridized carbons (Fsp3) is 0.419. The zero-order chi connectivity index (χ0) is 32.4. The number of aliphatic hydroxyl groups is 1. The van der Waals surface area contributed by atoms with E-state index in [9.17, 15) is 16.8 Å². The summed E-state index contributed by atoms with van der Waals surface area (Å²) < 4.78 is 63.4. The Morgan fingerprint density at radius 3 is 1.27 bits per heavy atom. The van der Waals surface area contributed by atoms with E-state index in [4.69, 9.17) is 30.0 Å². The van der Waals surface area contributed by atoms with Gasteiger partial charge in [0.1, 0.15) is 17.2 Å². The SMILES string of the molecule is C.COc1cc(C)c(S(=O)(=O)Cl)c(C)c1.COc1cc(C)c(S(=O)(=O)N(C)CCO)c(C)c1.COc1cc(C)cc(C)c1.[B]. The predicted octanol–water partition coefficient (Wildman–Crippen LogP) is 5.73. The van der Waals surface area contributed by atoms with Gasteiger partial charge < -0.3 is 19.3 Å². The van der Waals surface area contributed by atoms with Gasteiger partial charge in [0.15, 0.2) is 0 Å². The van der Waals surface area contributed by atoms with Crippen LogP contribution in [0.4, 0.5) is 0 Å². The topological polar surface area (TPSA) is 119 Å². The summed E-state index contributed by atoms with van der Waals surface area (Å²) in [5, 5.41) is 8.84. The van der Waals surface area contributed by atoms with E-state index in [-0.39, 0.29) is 38.8 Å². The first-order valence-electron chi connectivity index (χ1n) is 12.9. The van der Waals surface area contributed by atoms with Crippen LogP contribution in [0.1, 0.15) is 40.8 Å². The van der Waals surface area contributed by atoms with Crippen LogP contribution in [-0.2, 0) is 19.1 Å². The Morgan fingerprint density at radius 1 is 0.659 bits per heavy atom. The molecule has 1 N–H and O–H groups in total. The quantitative estimate of drug-likeness (QED) is 0.238. The number of rotatable bonds is 8. The second-order valence-electron chi connectivity index (χ2n) is 9.70. The summed E-state index contributed by atoms with van der Waals surface area (Å²) in [7, 11) is 4.27. The molecule has 0 atom stereocenters. The normalized spacial score (nSPS) is 10.7. The summed E-state index contributed by atoms with van der Waals surface area (Å²) >= 11 is 0. The van der Waals surface area contributed by atoms with Crippen LogP contribution in [0.2, 0.25) is 0 Å². The molecular formula is C31H46BClNO8S2. The maximum absolute atomic E-state index is 12.3. The third-order valence-electron chi connectivity index (χ3n) is 6.10. The van der Waals surface area contributed by atoms with E-state index in [0.29, 0.717) is 33.8 Å². The molecule has 0 amide bonds. The number of halogens is 1. The van der Waals surface area contributed by atoms with Crippen molar-refractivity contribution in [1.29, 1.82) is 0 Å². The highest BCUT2D eigenvalue weighted by molar-refractivity contribution is 8.13. The Hall–Kier alpha value is -2.77. The van der Waals surface area contributed by atoms with Crippen molar-refractivity contribution >= 4 is 38.2 Å². The van der Waals surface area contributed by atoms with E-state index >= 15 is 0 Å². The number of sulfonamides is 1. The van der Waals surface area contributed by atoms with Crippen molar-refractivity contribution in [2.24, 2.45) is 0 Å². The zero-order valence-electron chi connectivity index (χ0n) is 26.5. The average Bonchev–Trinajstić information content (AvgIpc) is 2.87. The molecule has 44 heavy (non-hydrogen) atoms. The molecule has 0 aliphatic heterocycles. The fourth-order valence-corrected chi connectivity index (χ4v) is 7.50. The minimum Gasteiger partial charge on any atom is -0.497 e. The van der Waals surface area contributed by atoms with Crippen LogP contribution < -0.4 is 14.2 Å². The molecule has 9 nitrogen and oxygen atoms in total. The van der Waals surface area contributed by atoms with Gasteiger partial charge in [0.2, 0.25) is 10.0 Å². The van der Waals surface area contributed by atoms with Crippen molar-refractivity contribution in [2.75, 3.05) is 41.5 Å². The Labute approximate surface area is 271 Å². The largest absolute Gasteiger partial charge is 0.497 e. The number of methoxy groups -OCH3 is 3. The van der Waals surface area contributed by atoms with Gasteiger partial charge in [-0.2, -0.15) is 4.31 Å². The van der Waals surface area contributed by atoms with Crippen molar-refractivity contribution < 1.29 is 36.2 Å². The van der Waals surface area contributed by atoms with Crippen LogP contribution in [-0.4, -0.2) is 76.2 Å². The minimum atomic E-state index is -3.67. The van der Waals surface area contributed by atoms with Crippen molar-refractivity contribution in [2.45, 2.75) is 58.8 Å². The van der Waals surface area contributed by atoms with Crippen LogP contribution in [0.5, 0.6) is 17.2 Å². The molecule has 0 spiro atoms. The lowest BCUT2D eigenvalue weighted by atomic mass is 10.1. The van der Waals surface area contributed by atoms with Gasteiger partial charge in [0, 0.05) is 32.7 Å². The number of benzene rings is 3. The number of hydrogen-bond donors (Lipinski definition) is 1. The maximum atomic E-state index is 12.3. The average molecular weight is 671 g/mol. The molecule has 0 saturated carbocycles. The molecule has 0 saturated heterocycles. The van der Waals surface area contributed by atoms with Crippen molar-refractivity contribution in [3.05, 3.63) is 75.8 Å². The number of ether oxygens (including phenoxy) is 3. The molecule has 0 heterocycles. The van der Waals surface area contributed by atoms with Crippen LogP contribution in [0, 0.1) is 41.5 Å². The third-order valence-corrected chi connectivity index (χ3v) is 9.85. The molecule has 0 bridgehead atoms. The molecule has 0 aromatic heterocycles. The van der Waals surface area contributed by atoms with Gasteiger partial charge in [0.25, 0.3) is 9.05 Å². The second kappa shape index (κ2) is 18.9. The van der Waals surface area contributed by atoms with Crippen LogP contribution in [0.3, 0.4) is 0 Å². The van der Waals surface area contributed by atoms with E-state index in [0.717, 1.165) is 10.1 Å². The summed E-state index contributed by atoms with van der Waals surface area (Å²) in [4.78, 5) is 0.444. The van der Waals surface area contributed by atoms with E-state index in [1.54, 1.807) is 66.2 Å². The number of aliphatic hydroxyl groups excluding tert-OH is 1. The van der Waals surface area contributed by atoms with Crippen molar-refractivity contribution in [3.63, 3.8) is 0 Å². The van der Waals surface area contributed by atoms with Crippen molar-refractivity contribution in [3.8, 4) is 17.2 Å². The molecule has 13 heteroatoms. The van der Waals surface area contributed by atoms with E-state index < -0.39 is 19.1 Å². The van der Waals surface area contributed by atoms with Gasteiger partial charge in [0.05, 0.1) is 37.7 Å². The number of hydrogen-bond acceptors (Lipinski definition) is 8. The van der Waals surface area contributed by atoms with Crippen molar-refractivity contribution in [1.82, 2.24) is 4.31 Å². The highest BCUT2D eigenvalue weighted by atomic mass is 35.7. The molecule has 0 fully saturated rings. The van der Waals surface area contributed by atoms with Crippen LogP contribution in [0.15, 0.2) is 52.3 Å². The maximum Gasteiger partial charge on any atom is 0.261 e. The smallest absolute Gasteiger partial charge is 0.261 e. The van der Waals surface area contributed by atoms with Gasteiger partial charge >= 0.3 is 0 Å². The number of aryl methyl sites for hydroxylation is 6. The molecule has 3 aromatic carbocycles. The van der Waals surface area contributed by atoms with Gasteiger partial charge in [-0.1, -0.05) is 13.5 Å². The first kappa shape index (κ1) is 43.4. The molecule has 3 aromatic rings. The number of nitrogens with zero attached hydrogens (tertiary/aromatic N) is 1. The van der Waals surface area contributed by atoms with E-state index in [1.807, 2.05) is 12.1 Å². The lowest BCUT2D eigenvalue weighted by Crippen LogP contribution is -2.30. The summed E-state index contributed by atoms with van der Waals surface area (Å²) in [6, 6.07) is 12.8. The van der Waals surface area contributed by atoms with Gasteiger partial charge in [-0.15, -0.1) is 0 Å². The summed E-state index contributed by atoms with van der Waals surface area (Å²) in [6.45, 7) is 10.8. The summed E-state index contributed by atoms with van der Waals surface area (Å²) in [5.41, 5.74) is 4.95. The van der Waals surface area contributed by atoms with Gasteiger partial charge in [-0.05, 0) is 111 Å². The Morgan fingerprint density at radius 2 is 0.977 bits per heavy atom. The molecule has 3 radical (unpaired) electrons. The second-order valence-corrected chi connectivity index (χ2v) is 14.2. The van der Waals surface area contributed by atoms with Crippen LogP contribution in [0.25, 0.3) is 0 Å². The monoisotopic (exact) mass is 670 g/mol. The van der Waals surface area contributed by atoms with E-state index in [2.05, 4.69) is 19.9 Å². The van der Waals surface area contributed by atoms with E-state index in [1.165, 1.54) is 25.3 Å². The lowest BCUT2D eigenvalue weighted by molar-refractivity contribution is 0.266. The predicted molar refractivity (Wildman–Crippen MR) is 180 cm³/mol. The summed E-state index contributed by atoms with van der Waals surface area (Å²) in [6.07, 6.45) is 0. The van der Waals surface area contributed by atoms with Gasteiger partial charge in [-0.25, -0.2) is 16.8 Å². The molecule has 0 unspecified atom stereocenters. The molecule has 245 valence electrons. The van der Waals surface area contributed by atoms with Gasteiger partial charge in [-0.3, -0.25) is 0 Å². The Balaban J connectivity index is 0. The Kier molecular flexibility index (Phi) is 18.6. The molecule has 3 rings (SSSR count). The molecule has 0 aliphatic rings. The summed E-state index contributed by atoms with van der Waals surface area (Å²) in [5.74, 6) is 2.20. The fourth-order valence-electron chi connectivity index (χ4n) is 4.32. The first-order chi connectivity index (χ1) is 19.4. The standard InChI is InChI=1S/C12H19NO4S.C9H11ClO3S.C9H12O.CH4.B/c1-9-7-11(17-4)8-10(2)12(9)18(15,16)13(3)5-6-14;1-6-4-8(13-3)5-7(2)9(6)14(10,11)12;1-7-4-8(2)6-9(5-7)10-3;;/h7-8,14H,5-6H2,1-4H3;4-5H,1-3H3;4-6H,1-3H3;1H4;.